The highest BCUT2D eigenvalue weighted by Gasteiger charge is 2.51. The first kappa shape index (κ1) is 12.7. The molecule has 0 amide bonds. The van der Waals surface area contributed by atoms with Gasteiger partial charge in [0.05, 0.1) is 12.1 Å². The molecule has 0 radical (unpaired) electrons. The summed E-state index contributed by atoms with van der Waals surface area (Å²) in [6, 6.07) is 1.49. The lowest BCUT2D eigenvalue weighted by Gasteiger charge is -2.24. The molecule has 1 aromatic rings. The highest BCUT2D eigenvalue weighted by Crippen LogP contribution is 2.55. The van der Waals surface area contributed by atoms with Crippen molar-refractivity contribution in [1.82, 2.24) is 0 Å². The maximum Gasteiger partial charge on any atom is 0.149 e. The minimum absolute atomic E-state index is 0.108. The fraction of sp³-hybridized carbons (Fsp3) is 0.538. The zero-order chi connectivity index (χ0) is 12.8. The second-order valence-electron chi connectivity index (χ2n) is 4.84. The number of halogens is 2. The Hall–Kier alpha value is -0.800. The average Bonchev–Trinajstić information content (AvgIpc) is 3.04. The molecule has 1 atom stereocenters. The Labute approximate surface area is 106 Å². The fourth-order valence-electron chi connectivity index (χ4n) is 2.51. The predicted molar refractivity (Wildman–Crippen MR) is 67.3 cm³/mol. The van der Waals surface area contributed by atoms with Crippen LogP contribution in [0.1, 0.15) is 30.9 Å². The van der Waals surface area contributed by atoms with Crippen LogP contribution in [0.15, 0.2) is 6.07 Å². The van der Waals surface area contributed by atoms with Crippen molar-refractivity contribution in [3.05, 3.63) is 28.0 Å². The van der Waals surface area contributed by atoms with Crippen molar-refractivity contribution >= 4 is 11.6 Å². The van der Waals surface area contributed by atoms with Gasteiger partial charge in [-0.15, -0.1) is 0 Å². The number of methoxy groups -OCH3 is 1. The van der Waals surface area contributed by atoms with Gasteiger partial charge < -0.3 is 10.5 Å². The molecule has 1 aliphatic carbocycles. The third-order valence-corrected chi connectivity index (χ3v) is 3.99. The lowest BCUT2D eigenvalue weighted by molar-refractivity contribution is 0.386. The van der Waals surface area contributed by atoms with Crippen LogP contribution < -0.4 is 10.5 Å². The third kappa shape index (κ3) is 1.81. The van der Waals surface area contributed by atoms with Crippen LogP contribution in [0.2, 0.25) is 5.02 Å². The SMILES string of the molecule is COc1c(C)cc(Cl)c(F)c1C1(C(C)N)CC1. The van der Waals surface area contributed by atoms with Gasteiger partial charge in [0.25, 0.3) is 0 Å². The summed E-state index contributed by atoms with van der Waals surface area (Å²) in [4.78, 5) is 0. The van der Waals surface area contributed by atoms with E-state index in [0.717, 1.165) is 18.4 Å². The van der Waals surface area contributed by atoms with Gasteiger partial charge in [0, 0.05) is 17.0 Å². The zero-order valence-corrected chi connectivity index (χ0v) is 11.1. The molecule has 1 fully saturated rings. The summed E-state index contributed by atoms with van der Waals surface area (Å²) in [5.74, 6) is 0.200. The first-order chi connectivity index (χ1) is 7.94. The standard InChI is InChI=1S/C13H17ClFNO/c1-7-6-9(14)11(15)10(12(7)17-3)13(4-5-13)8(2)16/h6,8H,4-5,16H2,1-3H3. The molecule has 0 bridgehead atoms. The Morgan fingerprint density at radius 1 is 1.53 bits per heavy atom. The summed E-state index contributed by atoms with van der Waals surface area (Å²) in [6.07, 6.45) is 1.77. The van der Waals surface area contributed by atoms with Crippen LogP contribution in [0.3, 0.4) is 0 Å². The van der Waals surface area contributed by atoms with E-state index in [-0.39, 0.29) is 22.3 Å². The molecule has 0 saturated heterocycles. The van der Waals surface area contributed by atoms with E-state index in [9.17, 15) is 4.39 Å². The van der Waals surface area contributed by atoms with Gasteiger partial charge >= 0.3 is 0 Å². The van der Waals surface area contributed by atoms with E-state index < -0.39 is 0 Å². The minimum atomic E-state index is -0.385. The van der Waals surface area contributed by atoms with E-state index in [4.69, 9.17) is 22.1 Å². The van der Waals surface area contributed by atoms with E-state index in [1.807, 2.05) is 13.8 Å². The molecule has 2 nitrogen and oxygen atoms in total. The van der Waals surface area contributed by atoms with E-state index in [0.29, 0.717) is 11.3 Å². The van der Waals surface area contributed by atoms with Gasteiger partial charge in [-0.1, -0.05) is 11.6 Å². The van der Waals surface area contributed by atoms with Crippen molar-refractivity contribution in [3.63, 3.8) is 0 Å². The first-order valence-electron chi connectivity index (χ1n) is 5.72. The summed E-state index contributed by atoms with van der Waals surface area (Å²) in [6.45, 7) is 3.77. The number of rotatable bonds is 3. The molecule has 2 rings (SSSR count). The van der Waals surface area contributed by atoms with Crippen molar-refractivity contribution in [1.29, 1.82) is 0 Å². The van der Waals surface area contributed by atoms with Crippen molar-refractivity contribution < 1.29 is 9.13 Å². The number of ether oxygens (including phenoxy) is 1. The summed E-state index contributed by atoms with van der Waals surface area (Å²) >= 11 is 5.92. The van der Waals surface area contributed by atoms with Crippen LogP contribution in [0.4, 0.5) is 4.39 Å². The van der Waals surface area contributed by atoms with E-state index >= 15 is 0 Å². The molecule has 2 N–H and O–H groups in total. The van der Waals surface area contributed by atoms with E-state index in [1.54, 1.807) is 13.2 Å². The molecule has 1 aromatic carbocycles. The Morgan fingerprint density at radius 3 is 2.53 bits per heavy atom. The molecule has 0 aromatic heterocycles. The number of nitrogens with two attached hydrogens (primary N) is 1. The predicted octanol–water partition coefficient (Wildman–Crippen LogP) is 3.17. The highest BCUT2D eigenvalue weighted by molar-refractivity contribution is 6.31. The largest absolute Gasteiger partial charge is 0.496 e. The van der Waals surface area contributed by atoms with Crippen LogP contribution in [0.25, 0.3) is 0 Å². The van der Waals surface area contributed by atoms with Gasteiger partial charge in [0.2, 0.25) is 0 Å². The average molecular weight is 258 g/mol. The van der Waals surface area contributed by atoms with Gasteiger partial charge in [-0.05, 0) is 38.3 Å². The van der Waals surface area contributed by atoms with Gasteiger partial charge in [-0.3, -0.25) is 0 Å². The second kappa shape index (κ2) is 4.14. The molecule has 0 spiro atoms. The van der Waals surface area contributed by atoms with Crippen molar-refractivity contribution in [2.24, 2.45) is 5.73 Å². The molecular weight excluding hydrogens is 241 g/mol. The highest BCUT2D eigenvalue weighted by atomic mass is 35.5. The van der Waals surface area contributed by atoms with Crippen LogP contribution >= 0.6 is 11.6 Å². The normalized spacial score (nSPS) is 18.9. The first-order valence-corrected chi connectivity index (χ1v) is 6.10. The minimum Gasteiger partial charge on any atom is -0.496 e. The lowest BCUT2D eigenvalue weighted by atomic mass is 9.87. The maximum atomic E-state index is 14.3. The summed E-state index contributed by atoms with van der Waals surface area (Å²) in [5, 5.41) is 0.144. The number of aryl methyl sites for hydroxylation is 1. The summed E-state index contributed by atoms with van der Waals surface area (Å²) in [7, 11) is 1.55. The van der Waals surface area contributed by atoms with Crippen molar-refractivity contribution in [2.75, 3.05) is 7.11 Å². The molecule has 1 unspecified atom stereocenters. The van der Waals surface area contributed by atoms with Gasteiger partial charge in [-0.25, -0.2) is 4.39 Å². The van der Waals surface area contributed by atoms with Gasteiger partial charge in [0.1, 0.15) is 11.6 Å². The molecule has 4 heteroatoms. The quantitative estimate of drug-likeness (QED) is 0.903. The van der Waals surface area contributed by atoms with Crippen LogP contribution in [0, 0.1) is 12.7 Å². The topological polar surface area (TPSA) is 35.2 Å². The monoisotopic (exact) mass is 257 g/mol. The molecule has 1 aliphatic rings. The molecule has 0 heterocycles. The third-order valence-electron chi connectivity index (χ3n) is 3.72. The van der Waals surface area contributed by atoms with Crippen LogP contribution in [-0.2, 0) is 5.41 Å². The molecular formula is C13H17ClFNO. The number of hydrogen-bond donors (Lipinski definition) is 1. The molecule has 17 heavy (non-hydrogen) atoms. The van der Waals surface area contributed by atoms with Gasteiger partial charge in [-0.2, -0.15) is 0 Å². The van der Waals surface area contributed by atoms with Gasteiger partial charge in [0.15, 0.2) is 0 Å². The van der Waals surface area contributed by atoms with E-state index in [2.05, 4.69) is 0 Å². The summed E-state index contributed by atoms with van der Waals surface area (Å²) < 4.78 is 19.6. The second-order valence-corrected chi connectivity index (χ2v) is 5.25. The Morgan fingerprint density at radius 2 is 2.12 bits per heavy atom. The lowest BCUT2D eigenvalue weighted by Crippen LogP contribution is -2.33. The molecule has 0 aliphatic heterocycles. The summed E-state index contributed by atoms with van der Waals surface area (Å²) in [5.41, 5.74) is 7.10. The Balaban J connectivity index is 2.67. The van der Waals surface area contributed by atoms with E-state index in [1.165, 1.54) is 0 Å². The smallest absolute Gasteiger partial charge is 0.149 e. The van der Waals surface area contributed by atoms with Crippen LogP contribution in [0.5, 0.6) is 5.75 Å². The Bertz CT molecular complexity index is 455. The fourth-order valence-corrected chi connectivity index (χ4v) is 2.77. The number of benzene rings is 1. The van der Waals surface area contributed by atoms with Crippen molar-refractivity contribution in [2.45, 2.75) is 38.1 Å². The molecule has 1 saturated carbocycles. The van der Waals surface area contributed by atoms with Crippen molar-refractivity contribution in [3.8, 4) is 5.75 Å². The zero-order valence-electron chi connectivity index (χ0n) is 10.3. The Kier molecular flexibility index (Phi) is 3.08. The molecule has 94 valence electrons. The maximum absolute atomic E-state index is 14.3. The van der Waals surface area contributed by atoms with Crippen LogP contribution in [-0.4, -0.2) is 13.2 Å². The number of hydrogen-bond acceptors (Lipinski definition) is 2.